The molecule has 0 saturated heterocycles. The lowest BCUT2D eigenvalue weighted by Crippen LogP contribution is -2.43. The monoisotopic (exact) mass is 270 g/mol. The number of rotatable bonds is 9. The maximum Gasteiger partial charge on any atom is 0.323 e. The highest BCUT2D eigenvalue weighted by Crippen LogP contribution is 2.35. The summed E-state index contributed by atoms with van der Waals surface area (Å²) >= 11 is 0. The van der Waals surface area contributed by atoms with Crippen LogP contribution in [0.4, 0.5) is 0 Å². The summed E-state index contributed by atoms with van der Waals surface area (Å²) in [7, 11) is 0. The number of carbonyl (C=O) groups excluding carboxylic acids is 2. The van der Waals surface area contributed by atoms with Gasteiger partial charge in [-0.2, -0.15) is 0 Å². The van der Waals surface area contributed by atoms with Crippen LogP contribution >= 0.6 is 0 Å². The summed E-state index contributed by atoms with van der Waals surface area (Å²) in [5.74, 6) is -0.772. The number of carbonyl (C=O) groups is 2. The molecule has 0 spiro atoms. The van der Waals surface area contributed by atoms with Crippen LogP contribution in [-0.2, 0) is 19.1 Å². The molecule has 4 heteroatoms. The zero-order valence-electron chi connectivity index (χ0n) is 12.5. The fraction of sp³-hybridized carbons (Fsp3) is 0.733. The molecule has 0 aromatic carbocycles. The van der Waals surface area contributed by atoms with Gasteiger partial charge in [0.05, 0.1) is 13.2 Å². The van der Waals surface area contributed by atoms with Gasteiger partial charge in [-0.25, -0.2) is 0 Å². The van der Waals surface area contributed by atoms with E-state index in [9.17, 15) is 9.59 Å². The van der Waals surface area contributed by atoms with Crippen LogP contribution in [-0.4, -0.2) is 25.2 Å². The molecular formula is C15H26O4. The first-order chi connectivity index (χ1) is 8.94. The minimum atomic E-state index is -1.20. The molecule has 0 aromatic rings. The van der Waals surface area contributed by atoms with E-state index in [2.05, 4.69) is 6.58 Å². The van der Waals surface area contributed by atoms with Gasteiger partial charge < -0.3 is 9.47 Å². The van der Waals surface area contributed by atoms with Crippen LogP contribution in [0.5, 0.6) is 0 Å². The summed E-state index contributed by atoms with van der Waals surface area (Å²) in [6, 6.07) is 0. The van der Waals surface area contributed by atoms with Crippen molar-refractivity contribution >= 4 is 11.9 Å². The van der Waals surface area contributed by atoms with E-state index in [-0.39, 0.29) is 19.1 Å². The Bertz CT molecular complexity index is 289. The lowest BCUT2D eigenvalue weighted by atomic mass is 9.76. The van der Waals surface area contributed by atoms with Crippen molar-refractivity contribution in [2.45, 2.75) is 47.0 Å². The number of allylic oxidation sites excluding steroid dienone is 1. The third kappa shape index (κ3) is 5.05. The quantitative estimate of drug-likeness (QED) is 0.367. The highest BCUT2D eigenvalue weighted by Gasteiger charge is 2.48. The van der Waals surface area contributed by atoms with E-state index in [0.29, 0.717) is 19.3 Å². The number of ether oxygens (including phenoxy) is 2. The van der Waals surface area contributed by atoms with Gasteiger partial charge in [0.15, 0.2) is 5.41 Å². The Morgan fingerprint density at radius 2 is 1.63 bits per heavy atom. The summed E-state index contributed by atoms with van der Waals surface area (Å²) in [5, 5.41) is 0. The van der Waals surface area contributed by atoms with Crippen LogP contribution in [0.2, 0.25) is 0 Å². The second kappa shape index (κ2) is 8.73. The lowest BCUT2D eigenvalue weighted by molar-refractivity contribution is -0.174. The van der Waals surface area contributed by atoms with E-state index in [0.717, 1.165) is 0 Å². The van der Waals surface area contributed by atoms with E-state index in [1.54, 1.807) is 19.9 Å². The minimum absolute atomic E-state index is 0.193. The van der Waals surface area contributed by atoms with Crippen LogP contribution in [0.15, 0.2) is 12.7 Å². The third-order valence-electron chi connectivity index (χ3n) is 2.86. The van der Waals surface area contributed by atoms with E-state index >= 15 is 0 Å². The molecule has 0 aliphatic heterocycles. The summed E-state index contributed by atoms with van der Waals surface area (Å²) in [5.41, 5.74) is -1.20. The predicted molar refractivity (Wildman–Crippen MR) is 74.6 cm³/mol. The fourth-order valence-corrected chi connectivity index (χ4v) is 2.14. The molecule has 0 bridgehead atoms. The Kier molecular flexibility index (Phi) is 8.12. The van der Waals surface area contributed by atoms with E-state index in [4.69, 9.17) is 9.47 Å². The van der Waals surface area contributed by atoms with Gasteiger partial charge in [0.25, 0.3) is 0 Å². The van der Waals surface area contributed by atoms with Crippen LogP contribution in [0.3, 0.4) is 0 Å². The molecule has 0 radical (unpaired) electrons. The molecule has 0 saturated carbocycles. The third-order valence-corrected chi connectivity index (χ3v) is 2.86. The molecule has 0 rings (SSSR count). The maximum atomic E-state index is 12.3. The van der Waals surface area contributed by atoms with Crippen molar-refractivity contribution < 1.29 is 19.1 Å². The van der Waals surface area contributed by atoms with Crippen molar-refractivity contribution in [3.8, 4) is 0 Å². The van der Waals surface area contributed by atoms with Gasteiger partial charge in [0, 0.05) is 0 Å². The van der Waals surface area contributed by atoms with Crippen molar-refractivity contribution in [1.29, 1.82) is 0 Å². The molecule has 4 nitrogen and oxygen atoms in total. The zero-order chi connectivity index (χ0) is 14.9. The van der Waals surface area contributed by atoms with E-state index < -0.39 is 17.4 Å². The topological polar surface area (TPSA) is 52.6 Å². The first-order valence-electron chi connectivity index (χ1n) is 6.89. The molecule has 0 fully saturated rings. The minimum Gasteiger partial charge on any atom is -0.465 e. The predicted octanol–water partition coefficient (Wildman–Crippen LogP) is 3.11. The molecule has 0 aromatic heterocycles. The number of esters is 2. The van der Waals surface area contributed by atoms with Crippen molar-refractivity contribution in [2.24, 2.45) is 11.3 Å². The summed E-state index contributed by atoms with van der Waals surface area (Å²) in [4.78, 5) is 24.5. The summed E-state index contributed by atoms with van der Waals surface area (Å²) < 4.78 is 10.2. The van der Waals surface area contributed by atoms with Crippen LogP contribution in [0.1, 0.15) is 47.0 Å². The average molecular weight is 270 g/mol. The SMILES string of the molecule is C=CCCC(CC(C)C)(C(=O)OCC)C(=O)OCC. The van der Waals surface area contributed by atoms with Crippen molar-refractivity contribution in [1.82, 2.24) is 0 Å². The number of hydrogen-bond donors (Lipinski definition) is 0. The molecule has 0 N–H and O–H groups in total. The van der Waals surface area contributed by atoms with Crippen molar-refractivity contribution in [2.75, 3.05) is 13.2 Å². The Labute approximate surface area is 116 Å². The van der Waals surface area contributed by atoms with Gasteiger partial charge >= 0.3 is 11.9 Å². The summed E-state index contributed by atoms with van der Waals surface area (Å²) in [6.45, 7) is 11.6. The highest BCUT2D eigenvalue weighted by molar-refractivity contribution is 6.00. The van der Waals surface area contributed by atoms with Crippen LogP contribution < -0.4 is 0 Å². The second-order valence-electron chi connectivity index (χ2n) is 4.95. The van der Waals surface area contributed by atoms with Gasteiger partial charge in [-0.3, -0.25) is 9.59 Å². The Morgan fingerprint density at radius 3 is 1.95 bits per heavy atom. The first-order valence-corrected chi connectivity index (χ1v) is 6.89. The molecule has 110 valence electrons. The van der Waals surface area contributed by atoms with Crippen molar-refractivity contribution in [3.05, 3.63) is 12.7 Å². The van der Waals surface area contributed by atoms with Gasteiger partial charge in [-0.15, -0.1) is 6.58 Å². The van der Waals surface area contributed by atoms with Gasteiger partial charge in [0.1, 0.15) is 0 Å². The Balaban J connectivity index is 5.34. The second-order valence-corrected chi connectivity index (χ2v) is 4.95. The summed E-state index contributed by atoms with van der Waals surface area (Å²) in [6.07, 6.45) is 3.09. The van der Waals surface area contributed by atoms with Crippen LogP contribution in [0.25, 0.3) is 0 Å². The molecular weight excluding hydrogens is 244 g/mol. The van der Waals surface area contributed by atoms with E-state index in [1.807, 2.05) is 13.8 Å². The average Bonchev–Trinajstić information content (AvgIpc) is 2.34. The maximum absolute atomic E-state index is 12.3. The number of hydrogen-bond acceptors (Lipinski definition) is 4. The molecule has 0 atom stereocenters. The molecule has 0 aliphatic rings. The molecule has 0 aliphatic carbocycles. The van der Waals surface area contributed by atoms with Crippen molar-refractivity contribution in [3.63, 3.8) is 0 Å². The fourth-order valence-electron chi connectivity index (χ4n) is 2.14. The van der Waals surface area contributed by atoms with Gasteiger partial charge in [0.2, 0.25) is 0 Å². The molecule has 0 heterocycles. The van der Waals surface area contributed by atoms with Gasteiger partial charge in [-0.1, -0.05) is 19.9 Å². The normalized spacial score (nSPS) is 11.2. The molecule has 0 unspecified atom stereocenters. The van der Waals surface area contributed by atoms with Crippen LogP contribution in [0, 0.1) is 11.3 Å². The molecule has 19 heavy (non-hydrogen) atoms. The zero-order valence-corrected chi connectivity index (χ0v) is 12.5. The Hall–Kier alpha value is -1.32. The van der Waals surface area contributed by atoms with Gasteiger partial charge in [-0.05, 0) is 39.0 Å². The van der Waals surface area contributed by atoms with E-state index in [1.165, 1.54) is 0 Å². The lowest BCUT2D eigenvalue weighted by Gasteiger charge is -2.30. The Morgan fingerprint density at radius 1 is 1.16 bits per heavy atom. The molecule has 0 amide bonds. The highest BCUT2D eigenvalue weighted by atomic mass is 16.6. The first kappa shape index (κ1) is 17.7. The smallest absolute Gasteiger partial charge is 0.323 e. The largest absolute Gasteiger partial charge is 0.465 e. The standard InChI is InChI=1S/C15H26O4/c1-6-9-10-15(11-12(4)5,13(16)18-7-2)14(17)19-8-3/h6,12H,1,7-11H2,2-5H3.